The fourth-order valence-electron chi connectivity index (χ4n) is 3.13. The summed E-state index contributed by atoms with van der Waals surface area (Å²) < 4.78 is 14.4. The zero-order valence-electron chi connectivity index (χ0n) is 15.9. The molecule has 1 saturated heterocycles. The van der Waals surface area contributed by atoms with Crippen molar-refractivity contribution in [3.05, 3.63) is 64.9 Å². The number of likely N-dealkylation sites (tertiary alicyclic amines) is 1. The molecule has 0 unspecified atom stereocenters. The molecule has 2 aromatic rings. The maximum Gasteiger partial charge on any atom is 1.00 e. The Morgan fingerprint density at radius 3 is 2.70 bits per heavy atom. The van der Waals surface area contributed by atoms with Crippen molar-refractivity contribution in [2.75, 3.05) is 20.1 Å². The smallest absolute Gasteiger partial charge is 0.561 e. The molecule has 27 heavy (non-hydrogen) atoms. The van der Waals surface area contributed by atoms with Gasteiger partial charge in [0.2, 0.25) is 0 Å². The second-order valence-electron chi connectivity index (χ2n) is 6.45. The second kappa shape index (κ2) is 9.93. The first kappa shape index (κ1) is 22.2. The largest absolute Gasteiger partial charge is 1.00 e. The van der Waals surface area contributed by atoms with E-state index in [4.69, 9.17) is 10.7 Å². The summed E-state index contributed by atoms with van der Waals surface area (Å²) in [6.07, 6.45) is 3.24. The molecule has 0 amide bonds. The monoisotopic (exact) mass is 392 g/mol. The number of halogens is 1. The van der Waals surface area contributed by atoms with Gasteiger partial charge in [0, 0.05) is 24.2 Å². The first-order valence-corrected chi connectivity index (χ1v) is 8.38. The molecule has 2 N–H and O–H groups in total. The Labute approximate surface area is 201 Å². The van der Waals surface area contributed by atoms with E-state index in [1.165, 1.54) is 12.3 Å². The van der Waals surface area contributed by atoms with Crippen LogP contribution in [0, 0.1) is 12.7 Å². The van der Waals surface area contributed by atoms with Crippen molar-refractivity contribution >= 4 is 18.0 Å². The van der Waals surface area contributed by atoms with E-state index in [9.17, 15) is 4.39 Å². The van der Waals surface area contributed by atoms with Crippen molar-refractivity contribution in [3.8, 4) is 11.1 Å². The quantitative estimate of drug-likeness (QED) is 0.345. The van der Waals surface area contributed by atoms with Gasteiger partial charge in [0.25, 0.3) is 0 Å². The van der Waals surface area contributed by atoms with Crippen LogP contribution in [0.3, 0.4) is 0 Å². The number of likely N-dealkylation sites (N-methyl/N-ethyl adjacent to an activating group) is 1. The van der Waals surface area contributed by atoms with Crippen molar-refractivity contribution in [1.82, 2.24) is 4.90 Å². The van der Waals surface area contributed by atoms with Crippen molar-refractivity contribution in [2.24, 2.45) is 10.9 Å². The number of nitrogens with two attached hydrogens (primary N) is 1. The number of benzene rings is 2. The van der Waals surface area contributed by atoms with Crippen molar-refractivity contribution in [1.29, 1.82) is 0 Å². The van der Waals surface area contributed by atoms with Gasteiger partial charge in [-0.3, -0.25) is 0 Å². The molecular weight excluding hydrogens is 370 g/mol. The molecule has 5 nitrogen and oxygen atoms in total. The first-order valence-electron chi connectivity index (χ1n) is 8.38. The average Bonchev–Trinajstić information content (AvgIpc) is 2.58. The van der Waals surface area contributed by atoms with E-state index in [-0.39, 0.29) is 63.3 Å². The van der Waals surface area contributed by atoms with Gasteiger partial charge in [-0.2, -0.15) is 5.10 Å². The normalized spacial score (nSPS) is 14.6. The maximum absolute atomic E-state index is 14.4. The number of rotatable bonds is 6. The van der Waals surface area contributed by atoms with E-state index in [1.54, 1.807) is 18.2 Å². The topological polar surface area (TPSA) is 64.9 Å². The van der Waals surface area contributed by atoms with Gasteiger partial charge in [-0.05, 0) is 42.8 Å². The molecule has 1 heterocycles. The van der Waals surface area contributed by atoms with Crippen molar-refractivity contribution in [2.45, 2.75) is 13.0 Å². The third-order valence-corrected chi connectivity index (χ3v) is 4.45. The fourth-order valence-corrected chi connectivity index (χ4v) is 3.13. The van der Waals surface area contributed by atoms with Gasteiger partial charge >= 0.3 is 51.4 Å². The summed E-state index contributed by atoms with van der Waals surface area (Å²) in [6.45, 7) is 7.37. The summed E-state index contributed by atoms with van der Waals surface area (Å²) >= 11 is 0. The molecule has 1 fully saturated rings. The third kappa shape index (κ3) is 5.06. The third-order valence-electron chi connectivity index (χ3n) is 4.45. The number of aryl methyl sites for hydroxylation is 1. The molecular formula is C20H22FKN4O. The molecule has 0 bridgehead atoms. The Bertz CT molecular complexity index is 830. The van der Waals surface area contributed by atoms with E-state index in [2.05, 4.69) is 22.1 Å². The van der Waals surface area contributed by atoms with Gasteiger partial charge in [-0.15, -0.1) is 5.69 Å². The van der Waals surface area contributed by atoms with Crippen LogP contribution >= 0.6 is 0 Å². The zero-order valence-corrected chi connectivity index (χ0v) is 19.1. The van der Waals surface area contributed by atoms with Crippen LogP contribution in [0.4, 0.5) is 10.1 Å². The second-order valence-corrected chi connectivity index (χ2v) is 6.45. The van der Waals surface area contributed by atoms with Gasteiger partial charge in [0.05, 0.1) is 12.3 Å². The Hall–Kier alpha value is -1.06. The Morgan fingerprint density at radius 1 is 1.37 bits per heavy atom. The molecule has 3 rings (SSSR count). The summed E-state index contributed by atoms with van der Waals surface area (Å²) in [6, 6.07) is 8.63. The molecule has 1 aliphatic rings. The van der Waals surface area contributed by atoms with E-state index in [1.807, 2.05) is 26.1 Å². The fraction of sp³-hybridized carbons (Fsp3) is 0.250. The minimum Gasteiger partial charge on any atom is -0.561 e. The van der Waals surface area contributed by atoms with Crippen molar-refractivity contribution in [3.63, 3.8) is 0 Å². The molecule has 0 aromatic heterocycles. The molecule has 0 radical (unpaired) electrons. The van der Waals surface area contributed by atoms with Crippen LogP contribution in [0.5, 0.6) is 0 Å². The van der Waals surface area contributed by atoms with Crippen molar-refractivity contribution < 1.29 is 60.6 Å². The first-order chi connectivity index (χ1) is 12.5. The molecule has 1 aliphatic heterocycles. The van der Waals surface area contributed by atoms with Crippen LogP contribution < -0.4 is 57.2 Å². The summed E-state index contributed by atoms with van der Waals surface area (Å²) in [5.74, 6) is 5.05. The molecule has 136 valence electrons. The van der Waals surface area contributed by atoms with Crippen LogP contribution in [0.1, 0.15) is 16.7 Å². The summed E-state index contributed by atoms with van der Waals surface area (Å²) in [5, 5.41) is 3.61. The van der Waals surface area contributed by atoms with Crippen LogP contribution in [0.25, 0.3) is 22.7 Å². The van der Waals surface area contributed by atoms with E-state index in [0.717, 1.165) is 24.2 Å². The molecule has 7 heteroatoms. The molecule has 0 saturated carbocycles. The Balaban J connectivity index is 0.00000261. The number of hydrazone groups is 1. The predicted octanol–water partition coefficient (Wildman–Crippen LogP) is 0.992. The van der Waals surface area contributed by atoms with E-state index in [0.29, 0.717) is 22.4 Å². The molecule has 0 atom stereocenters. The molecule has 0 spiro atoms. The van der Waals surface area contributed by atoms with Gasteiger partial charge in [-0.25, -0.2) is 4.39 Å². The predicted molar refractivity (Wildman–Crippen MR) is 104 cm³/mol. The SMILES string of the molecule is C=Cc1c(/C=N\N)cc(-c2c(C)cccc2F)cc1[N-]OC1CN(C)C1.[K+]. The van der Waals surface area contributed by atoms with Crippen LogP contribution in [-0.2, 0) is 4.84 Å². The minimum atomic E-state index is -0.292. The van der Waals surface area contributed by atoms with Crippen LogP contribution in [0.15, 0.2) is 42.0 Å². The summed E-state index contributed by atoms with van der Waals surface area (Å²) in [5.41, 5.74) is 8.36. The van der Waals surface area contributed by atoms with Gasteiger partial charge in [-0.1, -0.05) is 30.9 Å². The van der Waals surface area contributed by atoms with Crippen LogP contribution in [0.2, 0.25) is 0 Å². The number of nitrogens with zero attached hydrogens (tertiary/aromatic N) is 3. The summed E-state index contributed by atoms with van der Waals surface area (Å²) in [7, 11) is 2.02. The number of hydrogen-bond acceptors (Lipinski definition) is 4. The summed E-state index contributed by atoms with van der Waals surface area (Å²) in [4.78, 5) is 7.77. The Kier molecular flexibility index (Phi) is 8.17. The Morgan fingerprint density at radius 2 is 2.11 bits per heavy atom. The average molecular weight is 393 g/mol. The zero-order chi connectivity index (χ0) is 18.7. The van der Waals surface area contributed by atoms with E-state index >= 15 is 0 Å². The number of hydrogen-bond donors (Lipinski definition) is 1. The van der Waals surface area contributed by atoms with Crippen LogP contribution in [-0.4, -0.2) is 37.4 Å². The molecule has 0 aliphatic carbocycles. The van der Waals surface area contributed by atoms with E-state index < -0.39 is 0 Å². The van der Waals surface area contributed by atoms with Gasteiger partial charge < -0.3 is 21.1 Å². The molecule has 2 aromatic carbocycles. The maximum atomic E-state index is 14.4. The van der Waals surface area contributed by atoms with Gasteiger partial charge in [0.1, 0.15) is 5.82 Å². The standard InChI is InChI=1S/C20H22FN4O.K/c1-4-17-15(10-23-22)8-14(20-13(2)6-5-7-18(20)21)9-19(17)24-26-16-11-25(3)12-16;/h4-10,16H,1,11-12,22H2,2-3H3;/q-1;+1/b23-10-;. The minimum absolute atomic E-state index is 0. The van der Waals surface area contributed by atoms with Gasteiger partial charge in [0.15, 0.2) is 0 Å².